The molecule has 4 aromatic rings. The number of rotatable bonds is 3. The third kappa shape index (κ3) is 2.95. The van der Waals surface area contributed by atoms with Crippen molar-refractivity contribution in [2.45, 2.75) is 6.92 Å². The predicted octanol–water partition coefficient (Wildman–Crippen LogP) is 5.19. The number of hydrogen-bond acceptors (Lipinski definition) is 3. The van der Waals surface area contributed by atoms with E-state index < -0.39 is 11.7 Å². The second kappa shape index (κ2) is 6.44. The van der Waals surface area contributed by atoms with Gasteiger partial charge in [0.2, 0.25) is 0 Å². The minimum atomic E-state index is -0.469. The largest absolute Gasteiger partial charge is 0.463 e. The van der Waals surface area contributed by atoms with Crippen molar-refractivity contribution >= 4 is 22.5 Å². The first-order valence-electron chi connectivity index (χ1n) is 8.13. The van der Waals surface area contributed by atoms with Crippen molar-refractivity contribution in [3.05, 3.63) is 83.9 Å². The number of pyridine rings is 1. The van der Waals surface area contributed by atoms with Gasteiger partial charge in [-0.3, -0.25) is 4.79 Å². The minimum absolute atomic E-state index is 0.140. The van der Waals surface area contributed by atoms with E-state index in [9.17, 15) is 9.18 Å². The third-order valence-corrected chi connectivity index (χ3v) is 4.11. The molecule has 0 aliphatic carbocycles. The van der Waals surface area contributed by atoms with Gasteiger partial charge in [-0.2, -0.15) is 0 Å². The average molecular weight is 346 g/mol. The molecule has 2 aromatic heterocycles. The van der Waals surface area contributed by atoms with Gasteiger partial charge in [-0.25, -0.2) is 9.37 Å². The third-order valence-electron chi connectivity index (χ3n) is 4.11. The van der Waals surface area contributed by atoms with Gasteiger partial charge < -0.3 is 9.73 Å². The number of amides is 1. The molecule has 2 heterocycles. The van der Waals surface area contributed by atoms with Crippen LogP contribution in [0.25, 0.3) is 22.4 Å². The van der Waals surface area contributed by atoms with Gasteiger partial charge in [0.05, 0.1) is 23.0 Å². The van der Waals surface area contributed by atoms with E-state index in [0.29, 0.717) is 27.9 Å². The fraction of sp³-hybridized carbons (Fsp3) is 0.0476. The number of nitrogens with zero attached hydrogens (tertiary/aromatic N) is 1. The molecular formula is C21H15FN2O2. The lowest BCUT2D eigenvalue weighted by Gasteiger charge is -2.10. The van der Waals surface area contributed by atoms with Crippen LogP contribution in [-0.4, -0.2) is 10.9 Å². The number of benzene rings is 2. The highest BCUT2D eigenvalue weighted by Crippen LogP contribution is 2.26. The topological polar surface area (TPSA) is 55.1 Å². The molecule has 0 radical (unpaired) electrons. The van der Waals surface area contributed by atoms with E-state index in [4.69, 9.17) is 4.42 Å². The standard InChI is InChI=1S/C21H15FN2O2/c1-13-8-9-18(16(22)11-13)24-21(25)15-12-19(20-7-4-10-26-20)23-17-6-3-2-5-14(15)17/h2-12H,1H3,(H,24,25). The minimum Gasteiger partial charge on any atom is -0.463 e. The number of anilines is 1. The summed E-state index contributed by atoms with van der Waals surface area (Å²) in [4.78, 5) is 17.4. The first-order chi connectivity index (χ1) is 12.6. The van der Waals surface area contributed by atoms with Crippen LogP contribution in [0.5, 0.6) is 0 Å². The molecule has 4 nitrogen and oxygen atoms in total. The summed E-state index contributed by atoms with van der Waals surface area (Å²) in [6.45, 7) is 1.79. The van der Waals surface area contributed by atoms with Crippen LogP contribution in [0.1, 0.15) is 15.9 Å². The molecule has 1 N–H and O–H groups in total. The van der Waals surface area contributed by atoms with Crippen LogP contribution < -0.4 is 5.32 Å². The van der Waals surface area contributed by atoms with Crippen molar-refractivity contribution in [2.24, 2.45) is 0 Å². The molecule has 2 aromatic carbocycles. The van der Waals surface area contributed by atoms with E-state index in [0.717, 1.165) is 5.56 Å². The van der Waals surface area contributed by atoms with E-state index in [-0.39, 0.29) is 5.69 Å². The summed E-state index contributed by atoms with van der Waals surface area (Å²) in [7, 11) is 0. The van der Waals surface area contributed by atoms with E-state index in [1.807, 2.05) is 24.3 Å². The molecule has 0 spiro atoms. The van der Waals surface area contributed by atoms with E-state index in [2.05, 4.69) is 10.3 Å². The number of halogens is 1. The zero-order valence-corrected chi connectivity index (χ0v) is 14.0. The Morgan fingerprint density at radius 1 is 1.08 bits per heavy atom. The van der Waals surface area contributed by atoms with Gasteiger partial charge in [0.15, 0.2) is 5.76 Å². The monoisotopic (exact) mass is 346 g/mol. The van der Waals surface area contributed by atoms with Crippen LogP contribution in [0.15, 0.2) is 71.3 Å². The highest BCUT2D eigenvalue weighted by atomic mass is 19.1. The van der Waals surface area contributed by atoms with Gasteiger partial charge in [0.25, 0.3) is 5.91 Å². The lowest BCUT2D eigenvalue weighted by molar-refractivity contribution is 0.102. The Labute approximate surface area is 149 Å². The number of aryl methyl sites for hydroxylation is 1. The summed E-state index contributed by atoms with van der Waals surface area (Å²) in [5, 5.41) is 3.33. The normalized spacial score (nSPS) is 10.8. The van der Waals surface area contributed by atoms with Crippen molar-refractivity contribution in [1.82, 2.24) is 4.98 Å². The van der Waals surface area contributed by atoms with Crippen molar-refractivity contribution in [2.75, 3.05) is 5.32 Å². The molecule has 0 saturated carbocycles. The lowest BCUT2D eigenvalue weighted by atomic mass is 10.1. The van der Waals surface area contributed by atoms with Crippen LogP contribution in [0.4, 0.5) is 10.1 Å². The first-order valence-corrected chi connectivity index (χ1v) is 8.13. The Bertz CT molecular complexity index is 1100. The van der Waals surface area contributed by atoms with E-state index in [1.165, 1.54) is 6.07 Å². The maximum absolute atomic E-state index is 14.1. The highest BCUT2D eigenvalue weighted by molar-refractivity contribution is 6.13. The van der Waals surface area contributed by atoms with Gasteiger partial charge in [-0.1, -0.05) is 24.3 Å². The van der Waals surface area contributed by atoms with E-state index >= 15 is 0 Å². The molecule has 0 aliphatic heterocycles. The van der Waals surface area contributed by atoms with Gasteiger partial charge >= 0.3 is 0 Å². The van der Waals surface area contributed by atoms with Crippen LogP contribution in [0.3, 0.4) is 0 Å². The zero-order valence-electron chi connectivity index (χ0n) is 14.0. The number of nitrogens with one attached hydrogen (secondary N) is 1. The number of furan rings is 1. The molecule has 0 saturated heterocycles. The Morgan fingerprint density at radius 3 is 2.69 bits per heavy atom. The molecule has 128 valence electrons. The number of carbonyl (C=O) groups is 1. The molecule has 4 rings (SSSR count). The second-order valence-corrected chi connectivity index (χ2v) is 5.99. The first kappa shape index (κ1) is 16.0. The second-order valence-electron chi connectivity index (χ2n) is 5.99. The Hall–Kier alpha value is -3.47. The van der Waals surface area contributed by atoms with Gasteiger partial charge in [-0.05, 0) is 48.9 Å². The van der Waals surface area contributed by atoms with Gasteiger partial charge in [0.1, 0.15) is 11.5 Å². The number of fused-ring (bicyclic) bond motifs is 1. The van der Waals surface area contributed by atoms with Crippen molar-refractivity contribution in [1.29, 1.82) is 0 Å². The molecule has 0 fully saturated rings. The summed E-state index contributed by atoms with van der Waals surface area (Å²) in [6, 6.07) is 17.2. The summed E-state index contributed by atoms with van der Waals surface area (Å²) in [5.41, 5.74) is 2.54. The summed E-state index contributed by atoms with van der Waals surface area (Å²) in [6.07, 6.45) is 1.55. The number of hydrogen-bond donors (Lipinski definition) is 1. The average Bonchev–Trinajstić information content (AvgIpc) is 3.18. The molecule has 5 heteroatoms. The molecule has 0 aliphatic rings. The fourth-order valence-electron chi connectivity index (χ4n) is 2.82. The van der Waals surface area contributed by atoms with Crippen LogP contribution >= 0.6 is 0 Å². The highest BCUT2D eigenvalue weighted by Gasteiger charge is 2.16. The maximum Gasteiger partial charge on any atom is 0.256 e. The van der Waals surface area contributed by atoms with Gasteiger partial charge in [-0.15, -0.1) is 0 Å². The number of carbonyl (C=O) groups excluding carboxylic acids is 1. The summed E-state index contributed by atoms with van der Waals surface area (Å²) < 4.78 is 19.5. The Balaban J connectivity index is 1.80. The Kier molecular flexibility index (Phi) is 3.97. The summed E-state index contributed by atoms with van der Waals surface area (Å²) in [5.74, 6) is -0.312. The van der Waals surface area contributed by atoms with E-state index in [1.54, 1.807) is 43.5 Å². The van der Waals surface area contributed by atoms with Crippen molar-refractivity contribution < 1.29 is 13.6 Å². The zero-order chi connectivity index (χ0) is 18.1. The fourth-order valence-corrected chi connectivity index (χ4v) is 2.82. The number of aromatic nitrogens is 1. The molecular weight excluding hydrogens is 331 g/mol. The summed E-state index contributed by atoms with van der Waals surface area (Å²) >= 11 is 0. The molecule has 26 heavy (non-hydrogen) atoms. The molecule has 1 amide bonds. The molecule has 0 atom stereocenters. The maximum atomic E-state index is 14.1. The van der Waals surface area contributed by atoms with Gasteiger partial charge in [0, 0.05) is 5.39 Å². The van der Waals surface area contributed by atoms with Crippen LogP contribution in [0, 0.1) is 12.7 Å². The smallest absolute Gasteiger partial charge is 0.256 e. The lowest BCUT2D eigenvalue weighted by Crippen LogP contribution is -2.14. The Morgan fingerprint density at radius 2 is 1.92 bits per heavy atom. The van der Waals surface area contributed by atoms with Crippen LogP contribution in [0.2, 0.25) is 0 Å². The predicted molar refractivity (Wildman–Crippen MR) is 98.5 cm³/mol. The number of para-hydroxylation sites is 1. The quantitative estimate of drug-likeness (QED) is 0.555. The molecule has 0 unspecified atom stereocenters. The van der Waals surface area contributed by atoms with Crippen molar-refractivity contribution in [3.8, 4) is 11.5 Å². The van der Waals surface area contributed by atoms with Crippen LogP contribution in [-0.2, 0) is 0 Å². The van der Waals surface area contributed by atoms with Crippen molar-refractivity contribution in [3.63, 3.8) is 0 Å². The SMILES string of the molecule is Cc1ccc(NC(=O)c2cc(-c3ccco3)nc3ccccc23)c(F)c1. The molecule has 0 bridgehead atoms.